The first-order valence-corrected chi connectivity index (χ1v) is 15.6. The van der Waals surface area contributed by atoms with Crippen molar-refractivity contribution in [3.63, 3.8) is 0 Å². The fourth-order valence-electron chi connectivity index (χ4n) is 9.74. The van der Waals surface area contributed by atoms with Crippen LogP contribution in [0.1, 0.15) is 98.8 Å². The molecule has 1 saturated heterocycles. The number of aliphatic hydroxyl groups excluding tert-OH is 1. The number of aliphatic hydroxyl groups is 1. The molecule has 2 amide bonds. The number of ether oxygens (including phenoxy) is 1. The van der Waals surface area contributed by atoms with Gasteiger partial charge in [-0.3, -0.25) is 4.79 Å². The van der Waals surface area contributed by atoms with Crippen LogP contribution in [0.15, 0.2) is 11.6 Å². The van der Waals surface area contributed by atoms with E-state index in [1.54, 1.807) is 10.5 Å². The number of hydrogen-bond donors (Lipinski definition) is 1. The average molecular weight is 529 g/mol. The van der Waals surface area contributed by atoms with Crippen LogP contribution in [-0.2, 0) is 9.53 Å². The Hall–Kier alpha value is -1.56. The Morgan fingerprint density at radius 2 is 1.71 bits per heavy atom. The summed E-state index contributed by atoms with van der Waals surface area (Å²) in [5, 5.41) is 10.3. The first kappa shape index (κ1) is 28.0. The monoisotopic (exact) mass is 528 g/mol. The van der Waals surface area contributed by atoms with Crippen molar-refractivity contribution < 1.29 is 19.4 Å². The molecule has 38 heavy (non-hydrogen) atoms. The minimum atomic E-state index is -0.265. The molecular formula is C32H52N2O4. The second-order valence-corrected chi connectivity index (χ2v) is 14.2. The molecule has 0 radical (unpaired) electrons. The lowest BCUT2D eigenvalue weighted by Crippen LogP contribution is -2.51. The molecule has 4 aliphatic carbocycles. The number of hydrogen-bond acceptors (Lipinski definition) is 4. The van der Waals surface area contributed by atoms with E-state index in [0.717, 1.165) is 43.4 Å². The number of fused-ring (bicyclic) bond motifs is 5. The van der Waals surface area contributed by atoms with Gasteiger partial charge in [0.05, 0.1) is 12.2 Å². The summed E-state index contributed by atoms with van der Waals surface area (Å²) in [6.07, 6.45) is 13.1. The highest BCUT2D eigenvalue weighted by Crippen LogP contribution is 2.67. The number of rotatable bonds is 5. The molecule has 0 spiro atoms. The summed E-state index contributed by atoms with van der Waals surface area (Å²) >= 11 is 0. The molecule has 3 saturated carbocycles. The van der Waals surface area contributed by atoms with Gasteiger partial charge >= 0.3 is 6.09 Å². The molecular weight excluding hydrogens is 476 g/mol. The van der Waals surface area contributed by atoms with Crippen LogP contribution in [0.5, 0.6) is 0 Å². The lowest BCUT2D eigenvalue weighted by Gasteiger charge is -2.58. The van der Waals surface area contributed by atoms with E-state index >= 15 is 0 Å². The predicted octanol–water partition coefficient (Wildman–Crippen LogP) is 6.03. The second kappa shape index (κ2) is 10.8. The van der Waals surface area contributed by atoms with Crippen LogP contribution in [0.3, 0.4) is 0 Å². The zero-order valence-corrected chi connectivity index (χ0v) is 24.6. The smallest absolute Gasteiger partial charge is 0.410 e. The molecule has 4 fully saturated rings. The molecule has 0 unspecified atom stereocenters. The molecule has 1 aliphatic heterocycles. The van der Waals surface area contributed by atoms with Gasteiger partial charge in [-0.1, -0.05) is 32.4 Å². The number of nitrogens with zero attached hydrogens (tertiary/aromatic N) is 2. The van der Waals surface area contributed by atoms with E-state index in [2.05, 4.69) is 26.8 Å². The van der Waals surface area contributed by atoms with Gasteiger partial charge in [0.1, 0.15) is 0 Å². The van der Waals surface area contributed by atoms with Gasteiger partial charge in [0.2, 0.25) is 5.91 Å². The predicted molar refractivity (Wildman–Crippen MR) is 149 cm³/mol. The lowest BCUT2D eigenvalue weighted by molar-refractivity contribution is -0.133. The Morgan fingerprint density at radius 1 is 1.00 bits per heavy atom. The first-order chi connectivity index (χ1) is 18.0. The Morgan fingerprint density at radius 3 is 2.42 bits per heavy atom. The fourth-order valence-corrected chi connectivity index (χ4v) is 9.74. The van der Waals surface area contributed by atoms with Crippen molar-refractivity contribution in [2.45, 2.75) is 111 Å². The van der Waals surface area contributed by atoms with Crippen LogP contribution in [0, 0.1) is 40.4 Å². The van der Waals surface area contributed by atoms with Crippen LogP contribution in [-0.4, -0.2) is 65.3 Å². The topological polar surface area (TPSA) is 70.1 Å². The Bertz CT molecular complexity index is 924. The third kappa shape index (κ3) is 5.04. The van der Waals surface area contributed by atoms with Crippen molar-refractivity contribution >= 4 is 12.0 Å². The molecule has 0 aromatic heterocycles. The summed E-state index contributed by atoms with van der Waals surface area (Å²) in [5.41, 5.74) is 2.25. The van der Waals surface area contributed by atoms with Crippen molar-refractivity contribution in [1.29, 1.82) is 0 Å². The van der Waals surface area contributed by atoms with Crippen molar-refractivity contribution in [3.05, 3.63) is 11.6 Å². The van der Waals surface area contributed by atoms with Gasteiger partial charge in [0, 0.05) is 32.6 Å². The highest BCUT2D eigenvalue weighted by Gasteiger charge is 2.59. The summed E-state index contributed by atoms with van der Waals surface area (Å²) in [6.45, 7) is 13.6. The first-order valence-electron chi connectivity index (χ1n) is 15.6. The molecule has 8 atom stereocenters. The number of carbonyl (C=O) groups is 2. The normalized spacial score (nSPS) is 39.7. The molecule has 214 valence electrons. The van der Waals surface area contributed by atoms with Gasteiger partial charge in [0.25, 0.3) is 0 Å². The lowest BCUT2D eigenvalue weighted by atomic mass is 9.47. The molecule has 5 rings (SSSR count). The van der Waals surface area contributed by atoms with Crippen LogP contribution in [0.4, 0.5) is 4.79 Å². The molecule has 0 aromatic rings. The zero-order chi connectivity index (χ0) is 27.2. The summed E-state index contributed by atoms with van der Waals surface area (Å²) in [6, 6.07) is 0. The van der Waals surface area contributed by atoms with Gasteiger partial charge in [-0.2, -0.15) is 0 Å². The minimum absolute atomic E-state index is 0.118. The molecule has 6 heteroatoms. The van der Waals surface area contributed by atoms with Gasteiger partial charge < -0.3 is 19.6 Å². The Balaban J connectivity index is 1.15. The summed E-state index contributed by atoms with van der Waals surface area (Å²) < 4.78 is 5.31. The Kier molecular flexibility index (Phi) is 7.94. The van der Waals surface area contributed by atoms with E-state index in [9.17, 15) is 14.7 Å². The van der Waals surface area contributed by atoms with Gasteiger partial charge in [-0.25, -0.2) is 4.79 Å². The van der Waals surface area contributed by atoms with Gasteiger partial charge in [-0.15, -0.1) is 0 Å². The number of piperazine rings is 1. The molecule has 0 aromatic carbocycles. The zero-order valence-electron chi connectivity index (χ0n) is 24.6. The third-order valence-corrected chi connectivity index (χ3v) is 11.9. The molecule has 1 heterocycles. The van der Waals surface area contributed by atoms with Crippen molar-refractivity contribution in [2.75, 3.05) is 26.2 Å². The van der Waals surface area contributed by atoms with E-state index in [1.165, 1.54) is 32.1 Å². The second-order valence-electron chi connectivity index (χ2n) is 14.2. The van der Waals surface area contributed by atoms with E-state index in [0.29, 0.717) is 55.3 Å². The summed E-state index contributed by atoms with van der Waals surface area (Å²) in [7, 11) is 0. The SMILES string of the molecule is CC(C)OC(=O)N1CCN(C(=O)CC[C@@H](C)[C@H]2CC[C@H]3[C@@H]4CC=C5C[C@@H](O)CC[C@]5(C)[C@H]4CC[C@]23C)CC1. The number of allylic oxidation sites excluding steroid dienone is 1. The maximum absolute atomic E-state index is 13.1. The molecule has 6 nitrogen and oxygen atoms in total. The summed E-state index contributed by atoms with van der Waals surface area (Å²) in [5.74, 6) is 3.87. The van der Waals surface area contributed by atoms with Crippen molar-refractivity contribution in [3.8, 4) is 0 Å². The van der Waals surface area contributed by atoms with Crippen molar-refractivity contribution in [1.82, 2.24) is 9.80 Å². The molecule has 0 bridgehead atoms. The maximum Gasteiger partial charge on any atom is 0.410 e. The van der Waals surface area contributed by atoms with Crippen LogP contribution in [0.2, 0.25) is 0 Å². The van der Waals surface area contributed by atoms with E-state index in [-0.39, 0.29) is 24.2 Å². The highest BCUT2D eigenvalue weighted by atomic mass is 16.6. The number of amides is 2. The van der Waals surface area contributed by atoms with E-state index in [1.807, 2.05) is 18.7 Å². The van der Waals surface area contributed by atoms with Crippen LogP contribution >= 0.6 is 0 Å². The maximum atomic E-state index is 13.1. The highest BCUT2D eigenvalue weighted by molar-refractivity contribution is 5.76. The van der Waals surface area contributed by atoms with Crippen molar-refractivity contribution in [2.24, 2.45) is 40.4 Å². The van der Waals surface area contributed by atoms with Crippen LogP contribution < -0.4 is 0 Å². The number of carbonyl (C=O) groups excluding carboxylic acids is 2. The standard InChI is InChI=1S/C32H52N2O4/c1-21(2)38-30(37)34-18-16-33(17-19-34)29(36)11-6-22(3)26-9-10-27-25-8-7-23-20-24(35)12-14-31(23,4)28(25)13-15-32(26,27)5/h7,21-22,24-28,35H,6,8-20H2,1-5H3/t22-,24+,25+,26-,27+,28+,31+,32-/m1/s1. The fraction of sp³-hybridized carbons (Fsp3) is 0.875. The summed E-state index contributed by atoms with van der Waals surface area (Å²) in [4.78, 5) is 28.9. The largest absolute Gasteiger partial charge is 0.447 e. The average Bonchev–Trinajstić information content (AvgIpc) is 3.24. The molecule has 5 aliphatic rings. The van der Waals surface area contributed by atoms with Gasteiger partial charge in [-0.05, 0) is 112 Å². The molecule has 1 N–H and O–H groups in total. The third-order valence-electron chi connectivity index (χ3n) is 11.9. The van der Waals surface area contributed by atoms with E-state index in [4.69, 9.17) is 4.74 Å². The van der Waals surface area contributed by atoms with E-state index < -0.39 is 0 Å². The minimum Gasteiger partial charge on any atom is -0.447 e. The quantitative estimate of drug-likeness (QED) is 0.442. The van der Waals surface area contributed by atoms with Crippen LogP contribution in [0.25, 0.3) is 0 Å². The van der Waals surface area contributed by atoms with Gasteiger partial charge in [0.15, 0.2) is 0 Å². The Labute approximate surface area is 230 Å².